The topological polar surface area (TPSA) is 56.0 Å². The van der Waals surface area contributed by atoms with E-state index in [2.05, 4.69) is 10.1 Å². The molecule has 0 aliphatic carbocycles. The lowest BCUT2D eigenvalue weighted by Crippen LogP contribution is -1.89. The number of aryl methyl sites for hydroxylation is 1. The molecule has 1 aromatic carbocycles. The molecule has 15 heavy (non-hydrogen) atoms. The molecule has 0 spiro atoms. The second-order valence-corrected chi connectivity index (χ2v) is 2.99. The molecule has 0 amide bonds. The number of carbonyl (C=O) groups excluding carboxylic acids is 1. The summed E-state index contributed by atoms with van der Waals surface area (Å²) in [4.78, 5) is 14.3. The van der Waals surface area contributed by atoms with Crippen LogP contribution in [-0.4, -0.2) is 16.4 Å². The lowest BCUT2D eigenvalue weighted by atomic mass is 10.1. The maximum atomic E-state index is 13.5. The first-order valence-corrected chi connectivity index (χ1v) is 4.26. The number of benzene rings is 1. The van der Waals surface area contributed by atoms with Gasteiger partial charge in [-0.2, -0.15) is 4.98 Å². The van der Waals surface area contributed by atoms with Crippen molar-refractivity contribution in [2.24, 2.45) is 0 Å². The van der Waals surface area contributed by atoms with Crippen LogP contribution in [0, 0.1) is 12.7 Å². The largest absolute Gasteiger partial charge is 0.339 e. The molecule has 5 heteroatoms. The SMILES string of the molecule is Cc1nc(-c2ccc(C=O)cc2F)no1. The molecule has 0 saturated carbocycles. The second-order valence-electron chi connectivity index (χ2n) is 2.99. The molecule has 0 bridgehead atoms. The quantitative estimate of drug-likeness (QED) is 0.705. The van der Waals surface area contributed by atoms with E-state index in [1.54, 1.807) is 6.92 Å². The third kappa shape index (κ3) is 1.76. The molecule has 1 aromatic heterocycles. The number of rotatable bonds is 2. The van der Waals surface area contributed by atoms with Crippen molar-refractivity contribution in [1.82, 2.24) is 10.1 Å². The summed E-state index contributed by atoms with van der Waals surface area (Å²) in [5, 5.41) is 3.59. The predicted octanol–water partition coefficient (Wildman–Crippen LogP) is 2.00. The zero-order valence-corrected chi connectivity index (χ0v) is 7.90. The van der Waals surface area contributed by atoms with Crippen LogP contribution in [0.2, 0.25) is 0 Å². The van der Waals surface area contributed by atoms with Crippen molar-refractivity contribution in [3.63, 3.8) is 0 Å². The Hall–Kier alpha value is -2.04. The predicted molar refractivity (Wildman–Crippen MR) is 49.8 cm³/mol. The van der Waals surface area contributed by atoms with Crippen LogP contribution in [0.1, 0.15) is 16.2 Å². The van der Waals surface area contributed by atoms with Crippen molar-refractivity contribution in [2.45, 2.75) is 6.92 Å². The van der Waals surface area contributed by atoms with Gasteiger partial charge in [-0.05, 0) is 12.1 Å². The fourth-order valence-electron chi connectivity index (χ4n) is 1.19. The average molecular weight is 206 g/mol. The fraction of sp³-hybridized carbons (Fsp3) is 0.100. The first kappa shape index (κ1) is 9.51. The minimum Gasteiger partial charge on any atom is -0.339 e. The van der Waals surface area contributed by atoms with Crippen LogP contribution >= 0.6 is 0 Å². The summed E-state index contributed by atoms with van der Waals surface area (Å²) in [5.41, 5.74) is 0.494. The number of carbonyl (C=O) groups is 1. The molecular weight excluding hydrogens is 199 g/mol. The molecule has 4 nitrogen and oxygen atoms in total. The van der Waals surface area contributed by atoms with Gasteiger partial charge in [-0.1, -0.05) is 11.2 Å². The van der Waals surface area contributed by atoms with Gasteiger partial charge in [0.25, 0.3) is 0 Å². The van der Waals surface area contributed by atoms with Gasteiger partial charge >= 0.3 is 0 Å². The molecule has 0 atom stereocenters. The summed E-state index contributed by atoms with van der Waals surface area (Å²) >= 11 is 0. The number of halogens is 1. The molecule has 0 radical (unpaired) electrons. The Morgan fingerprint density at radius 2 is 2.27 bits per heavy atom. The molecule has 0 aliphatic rings. The monoisotopic (exact) mass is 206 g/mol. The Labute approximate surface area is 84.7 Å². The van der Waals surface area contributed by atoms with Gasteiger partial charge < -0.3 is 4.52 Å². The Kier molecular flexibility index (Phi) is 2.29. The van der Waals surface area contributed by atoms with E-state index >= 15 is 0 Å². The number of hydrogen-bond donors (Lipinski definition) is 0. The van der Waals surface area contributed by atoms with Crippen LogP contribution in [0.15, 0.2) is 22.7 Å². The van der Waals surface area contributed by atoms with Crippen molar-refractivity contribution < 1.29 is 13.7 Å². The van der Waals surface area contributed by atoms with E-state index in [4.69, 9.17) is 4.52 Å². The molecule has 2 rings (SSSR count). The molecule has 1 heterocycles. The maximum Gasteiger partial charge on any atom is 0.223 e. The summed E-state index contributed by atoms with van der Waals surface area (Å²) in [6, 6.07) is 4.08. The zero-order valence-electron chi connectivity index (χ0n) is 7.90. The van der Waals surface area contributed by atoms with Gasteiger partial charge in [0.05, 0.1) is 5.56 Å². The lowest BCUT2D eigenvalue weighted by Gasteiger charge is -1.97. The number of aldehydes is 1. The van der Waals surface area contributed by atoms with E-state index in [1.807, 2.05) is 0 Å². The van der Waals surface area contributed by atoms with Gasteiger partial charge in [0.2, 0.25) is 11.7 Å². The van der Waals surface area contributed by atoms with Gasteiger partial charge in [0, 0.05) is 12.5 Å². The third-order valence-electron chi connectivity index (χ3n) is 1.90. The summed E-state index contributed by atoms with van der Waals surface area (Å²) in [7, 11) is 0. The van der Waals surface area contributed by atoms with Crippen molar-refractivity contribution in [2.75, 3.05) is 0 Å². The van der Waals surface area contributed by atoms with Crippen LogP contribution in [0.5, 0.6) is 0 Å². The van der Waals surface area contributed by atoms with E-state index in [1.165, 1.54) is 12.1 Å². The fourth-order valence-corrected chi connectivity index (χ4v) is 1.19. The second kappa shape index (κ2) is 3.61. The minimum atomic E-state index is -0.541. The van der Waals surface area contributed by atoms with Gasteiger partial charge in [-0.15, -0.1) is 0 Å². The molecular formula is C10H7FN2O2. The molecule has 0 saturated heterocycles. The lowest BCUT2D eigenvalue weighted by molar-refractivity contribution is 0.112. The Morgan fingerprint density at radius 1 is 1.47 bits per heavy atom. The standard InChI is InChI=1S/C10H7FN2O2/c1-6-12-10(13-15-6)8-3-2-7(5-14)4-9(8)11/h2-5H,1H3. The normalized spacial score (nSPS) is 10.3. The first-order chi connectivity index (χ1) is 7.20. The summed E-state index contributed by atoms with van der Waals surface area (Å²) in [6.45, 7) is 1.62. The van der Waals surface area contributed by atoms with E-state index in [9.17, 15) is 9.18 Å². The van der Waals surface area contributed by atoms with Crippen molar-refractivity contribution in [1.29, 1.82) is 0 Å². The van der Waals surface area contributed by atoms with Gasteiger partial charge in [0.1, 0.15) is 12.1 Å². The highest BCUT2D eigenvalue weighted by atomic mass is 19.1. The Morgan fingerprint density at radius 3 is 2.80 bits per heavy atom. The van der Waals surface area contributed by atoms with E-state index < -0.39 is 5.82 Å². The van der Waals surface area contributed by atoms with Crippen LogP contribution in [0.25, 0.3) is 11.4 Å². The summed E-state index contributed by atoms with van der Waals surface area (Å²) in [6.07, 6.45) is 0.578. The highest BCUT2D eigenvalue weighted by Crippen LogP contribution is 2.20. The van der Waals surface area contributed by atoms with Crippen molar-refractivity contribution in [3.8, 4) is 11.4 Å². The first-order valence-electron chi connectivity index (χ1n) is 4.26. The third-order valence-corrected chi connectivity index (χ3v) is 1.90. The maximum absolute atomic E-state index is 13.5. The summed E-state index contributed by atoms with van der Waals surface area (Å²) in [5.74, 6) is 0.00622. The van der Waals surface area contributed by atoms with Crippen LogP contribution in [0.3, 0.4) is 0 Å². The Bertz CT molecular complexity index is 508. The van der Waals surface area contributed by atoms with E-state index in [0.29, 0.717) is 12.2 Å². The van der Waals surface area contributed by atoms with Crippen molar-refractivity contribution >= 4 is 6.29 Å². The van der Waals surface area contributed by atoms with Gasteiger partial charge in [-0.25, -0.2) is 4.39 Å². The molecule has 0 unspecified atom stereocenters. The Balaban J connectivity index is 2.49. The highest BCUT2D eigenvalue weighted by molar-refractivity contribution is 5.76. The number of nitrogens with zero attached hydrogens (tertiary/aromatic N) is 2. The van der Waals surface area contributed by atoms with Crippen LogP contribution < -0.4 is 0 Å². The van der Waals surface area contributed by atoms with Crippen LogP contribution in [-0.2, 0) is 0 Å². The highest BCUT2D eigenvalue weighted by Gasteiger charge is 2.11. The number of aromatic nitrogens is 2. The molecule has 0 fully saturated rings. The van der Waals surface area contributed by atoms with Gasteiger partial charge in [-0.3, -0.25) is 4.79 Å². The molecule has 2 aromatic rings. The minimum absolute atomic E-state index is 0.183. The van der Waals surface area contributed by atoms with E-state index in [0.717, 1.165) is 6.07 Å². The number of hydrogen-bond acceptors (Lipinski definition) is 4. The smallest absolute Gasteiger partial charge is 0.223 e. The molecule has 0 N–H and O–H groups in total. The zero-order chi connectivity index (χ0) is 10.8. The molecule has 76 valence electrons. The molecule has 0 aliphatic heterocycles. The van der Waals surface area contributed by atoms with Crippen LogP contribution in [0.4, 0.5) is 4.39 Å². The summed E-state index contributed by atoms with van der Waals surface area (Å²) < 4.78 is 18.2. The van der Waals surface area contributed by atoms with E-state index in [-0.39, 0.29) is 17.0 Å². The van der Waals surface area contributed by atoms with Gasteiger partial charge in [0.15, 0.2) is 0 Å². The average Bonchev–Trinajstić information content (AvgIpc) is 2.64. The van der Waals surface area contributed by atoms with Crippen molar-refractivity contribution in [3.05, 3.63) is 35.5 Å².